The Hall–Kier alpha value is 0.140. The molecule has 1 fully saturated rings. The van der Waals surface area contributed by atoms with Gasteiger partial charge in [-0.15, -0.1) is 0 Å². The van der Waals surface area contributed by atoms with Gasteiger partial charge >= 0.3 is 0 Å². The molecule has 0 spiro atoms. The van der Waals surface area contributed by atoms with Crippen molar-refractivity contribution in [3.63, 3.8) is 0 Å². The van der Waals surface area contributed by atoms with E-state index in [4.69, 9.17) is 0 Å². The van der Waals surface area contributed by atoms with Crippen molar-refractivity contribution in [2.75, 3.05) is 6.54 Å². The standard InChI is InChI=1S/C12H18BrNS/c1-2-14-12-6-4-3-5-9(12)10-7-15-8-11(10)13/h7-9,12,14H,2-6H2,1H3. The Bertz CT molecular complexity index is 308. The molecule has 1 nitrogen and oxygen atoms in total. The van der Waals surface area contributed by atoms with Gasteiger partial charge in [-0.25, -0.2) is 0 Å². The van der Waals surface area contributed by atoms with Crippen LogP contribution in [0.2, 0.25) is 0 Å². The maximum atomic E-state index is 3.66. The molecule has 1 N–H and O–H groups in total. The smallest absolute Gasteiger partial charge is 0.0317 e. The molecule has 1 heterocycles. The van der Waals surface area contributed by atoms with Gasteiger partial charge in [0.2, 0.25) is 0 Å². The van der Waals surface area contributed by atoms with Crippen LogP contribution in [0.5, 0.6) is 0 Å². The maximum Gasteiger partial charge on any atom is 0.0317 e. The van der Waals surface area contributed by atoms with Crippen LogP contribution in [0.4, 0.5) is 0 Å². The molecule has 0 bridgehead atoms. The number of thiophene rings is 1. The summed E-state index contributed by atoms with van der Waals surface area (Å²) >= 11 is 5.47. The van der Waals surface area contributed by atoms with Crippen molar-refractivity contribution >= 4 is 27.3 Å². The Morgan fingerprint density at radius 3 is 2.87 bits per heavy atom. The molecule has 3 heteroatoms. The molecule has 15 heavy (non-hydrogen) atoms. The summed E-state index contributed by atoms with van der Waals surface area (Å²) in [6.45, 7) is 3.29. The molecule has 1 saturated carbocycles. The van der Waals surface area contributed by atoms with Gasteiger partial charge in [0, 0.05) is 21.8 Å². The van der Waals surface area contributed by atoms with Crippen LogP contribution < -0.4 is 5.32 Å². The van der Waals surface area contributed by atoms with Gasteiger partial charge in [0.05, 0.1) is 0 Å². The normalized spacial score (nSPS) is 26.8. The van der Waals surface area contributed by atoms with Crippen molar-refractivity contribution in [3.05, 3.63) is 20.8 Å². The van der Waals surface area contributed by atoms with Crippen molar-refractivity contribution in [3.8, 4) is 0 Å². The van der Waals surface area contributed by atoms with Gasteiger partial charge in [-0.3, -0.25) is 0 Å². The molecule has 0 amide bonds. The summed E-state index contributed by atoms with van der Waals surface area (Å²) in [5.74, 6) is 0.722. The monoisotopic (exact) mass is 287 g/mol. The molecule has 84 valence electrons. The Labute approximate surface area is 104 Å². The van der Waals surface area contributed by atoms with Crippen LogP contribution in [0, 0.1) is 0 Å². The third kappa shape index (κ3) is 2.63. The zero-order valence-electron chi connectivity index (χ0n) is 9.13. The summed E-state index contributed by atoms with van der Waals surface area (Å²) in [6, 6.07) is 0.689. The van der Waals surface area contributed by atoms with Gasteiger partial charge in [0.1, 0.15) is 0 Å². The van der Waals surface area contributed by atoms with E-state index in [1.54, 1.807) is 11.3 Å². The fraction of sp³-hybridized carbons (Fsp3) is 0.667. The zero-order chi connectivity index (χ0) is 10.7. The summed E-state index contributed by atoms with van der Waals surface area (Å²) < 4.78 is 1.31. The molecule has 1 aromatic rings. The summed E-state index contributed by atoms with van der Waals surface area (Å²) in [6.07, 6.45) is 5.44. The Morgan fingerprint density at radius 1 is 1.40 bits per heavy atom. The summed E-state index contributed by atoms with van der Waals surface area (Å²) in [4.78, 5) is 0. The SMILES string of the molecule is CCNC1CCCCC1c1cscc1Br. The minimum atomic E-state index is 0.689. The molecule has 0 aromatic carbocycles. The van der Waals surface area contributed by atoms with Crippen LogP contribution >= 0.6 is 27.3 Å². The maximum absolute atomic E-state index is 3.66. The number of hydrogen-bond acceptors (Lipinski definition) is 2. The van der Waals surface area contributed by atoms with Crippen molar-refractivity contribution in [1.29, 1.82) is 0 Å². The summed E-state index contributed by atoms with van der Waals surface area (Å²) in [7, 11) is 0. The minimum Gasteiger partial charge on any atom is -0.314 e. The van der Waals surface area contributed by atoms with Crippen LogP contribution in [-0.2, 0) is 0 Å². The highest BCUT2D eigenvalue weighted by atomic mass is 79.9. The van der Waals surface area contributed by atoms with Gasteiger partial charge in [-0.2, -0.15) is 11.3 Å². The second-order valence-corrected chi connectivity index (χ2v) is 5.83. The number of halogens is 1. The highest BCUT2D eigenvalue weighted by Crippen LogP contribution is 2.38. The Kier molecular flexibility index (Phi) is 4.23. The van der Waals surface area contributed by atoms with Crippen molar-refractivity contribution < 1.29 is 0 Å². The second kappa shape index (κ2) is 5.46. The first-order chi connectivity index (χ1) is 7.33. The highest BCUT2D eigenvalue weighted by molar-refractivity contribution is 9.10. The first-order valence-electron chi connectivity index (χ1n) is 5.78. The molecule has 0 radical (unpaired) electrons. The number of likely N-dealkylation sites (N-methyl/N-ethyl adjacent to an activating group) is 1. The number of hydrogen-bond donors (Lipinski definition) is 1. The molecule has 0 aliphatic heterocycles. The van der Waals surface area contributed by atoms with Gasteiger partial charge in [-0.1, -0.05) is 19.8 Å². The third-order valence-corrected chi connectivity index (χ3v) is 5.03. The predicted molar refractivity (Wildman–Crippen MR) is 70.7 cm³/mol. The third-order valence-electron chi connectivity index (χ3n) is 3.27. The van der Waals surface area contributed by atoms with Gasteiger partial charge in [-0.05, 0) is 46.3 Å². The molecule has 2 rings (SSSR count). The van der Waals surface area contributed by atoms with E-state index in [0.717, 1.165) is 12.5 Å². The Morgan fingerprint density at radius 2 is 2.20 bits per heavy atom. The zero-order valence-corrected chi connectivity index (χ0v) is 11.5. The lowest BCUT2D eigenvalue weighted by Crippen LogP contribution is -2.36. The lowest BCUT2D eigenvalue weighted by molar-refractivity contribution is 0.332. The van der Waals surface area contributed by atoms with E-state index in [0.29, 0.717) is 6.04 Å². The highest BCUT2D eigenvalue weighted by Gasteiger charge is 2.27. The van der Waals surface area contributed by atoms with Crippen molar-refractivity contribution in [2.24, 2.45) is 0 Å². The van der Waals surface area contributed by atoms with Crippen LogP contribution in [0.1, 0.15) is 44.1 Å². The van der Waals surface area contributed by atoms with E-state index in [1.807, 2.05) is 0 Å². The van der Waals surface area contributed by atoms with Crippen LogP contribution in [-0.4, -0.2) is 12.6 Å². The van der Waals surface area contributed by atoms with Crippen LogP contribution in [0.3, 0.4) is 0 Å². The van der Waals surface area contributed by atoms with Gasteiger partial charge in [0.25, 0.3) is 0 Å². The van der Waals surface area contributed by atoms with E-state index < -0.39 is 0 Å². The van der Waals surface area contributed by atoms with Crippen molar-refractivity contribution in [1.82, 2.24) is 5.32 Å². The van der Waals surface area contributed by atoms with Crippen LogP contribution in [0.25, 0.3) is 0 Å². The van der Waals surface area contributed by atoms with E-state index in [1.165, 1.54) is 35.7 Å². The van der Waals surface area contributed by atoms with Crippen molar-refractivity contribution in [2.45, 2.75) is 44.6 Å². The Balaban J connectivity index is 2.14. The molecule has 0 saturated heterocycles. The number of nitrogens with one attached hydrogen (secondary N) is 1. The topological polar surface area (TPSA) is 12.0 Å². The molecule has 2 atom stereocenters. The lowest BCUT2D eigenvalue weighted by atomic mass is 9.81. The van der Waals surface area contributed by atoms with E-state index in [-0.39, 0.29) is 0 Å². The summed E-state index contributed by atoms with van der Waals surface area (Å²) in [5, 5.41) is 8.15. The van der Waals surface area contributed by atoms with E-state index in [9.17, 15) is 0 Å². The van der Waals surface area contributed by atoms with Gasteiger partial charge in [0.15, 0.2) is 0 Å². The van der Waals surface area contributed by atoms with Crippen LogP contribution in [0.15, 0.2) is 15.2 Å². The second-order valence-electron chi connectivity index (χ2n) is 4.23. The summed E-state index contributed by atoms with van der Waals surface area (Å²) in [5.41, 5.74) is 1.52. The molecule has 1 aliphatic rings. The molecule has 1 aliphatic carbocycles. The molecular weight excluding hydrogens is 270 g/mol. The largest absolute Gasteiger partial charge is 0.314 e. The van der Waals surface area contributed by atoms with Gasteiger partial charge < -0.3 is 5.32 Å². The average Bonchev–Trinajstić information content (AvgIpc) is 2.66. The fourth-order valence-corrected chi connectivity index (χ4v) is 4.22. The predicted octanol–water partition coefficient (Wildman–Crippen LogP) is 4.15. The first-order valence-corrected chi connectivity index (χ1v) is 7.51. The average molecular weight is 288 g/mol. The lowest BCUT2D eigenvalue weighted by Gasteiger charge is -2.32. The molecule has 1 aromatic heterocycles. The van der Waals surface area contributed by atoms with E-state index in [2.05, 4.69) is 38.9 Å². The molecular formula is C12H18BrNS. The first kappa shape index (κ1) is 11.6. The fourth-order valence-electron chi connectivity index (χ4n) is 2.57. The molecule has 2 unspecified atom stereocenters. The minimum absolute atomic E-state index is 0.689. The number of rotatable bonds is 3. The quantitative estimate of drug-likeness (QED) is 0.881. The van der Waals surface area contributed by atoms with E-state index >= 15 is 0 Å².